The Bertz CT molecular complexity index is 2940. The normalized spacial score (nSPS) is 11.5. The molecular weight excluding hydrogens is 633 g/mol. The number of hydrogen-bond acceptors (Lipinski definition) is 4. The highest BCUT2D eigenvalue weighted by Crippen LogP contribution is 2.33. The molecule has 0 atom stereocenters. The molecule has 0 aliphatic heterocycles. The van der Waals surface area contributed by atoms with Gasteiger partial charge in [-0.2, -0.15) is 0 Å². The number of nitrogens with zero attached hydrogens (tertiary/aromatic N) is 4. The molecule has 0 spiro atoms. The van der Waals surface area contributed by atoms with Gasteiger partial charge in [0, 0.05) is 50.0 Å². The number of fused-ring (bicyclic) bond motifs is 6. The van der Waals surface area contributed by atoms with Gasteiger partial charge in [-0.15, -0.1) is 0 Å². The molecule has 0 saturated carbocycles. The minimum Gasteiger partial charge on any atom is -0.253 e. The summed E-state index contributed by atoms with van der Waals surface area (Å²) >= 11 is 0. The highest BCUT2D eigenvalue weighted by atomic mass is 14.8. The van der Waals surface area contributed by atoms with Gasteiger partial charge in [-0.3, -0.25) is 4.98 Å². The summed E-state index contributed by atoms with van der Waals surface area (Å²) in [5.74, 6) is 0. The van der Waals surface area contributed by atoms with Crippen molar-refractivity contribution >= 4 is 43.6 Å². The van der Waals surface area contributed by atoms with Crippen molar-refractivity contribution in [2.75, 3.05) is 0 Å². The molecular formula is C48H30N4. The van der Waals surface area contributed by atoms with Crippen molar-refractivity contribution in [2.45, 2.75) is 0 Å². The first-order valence-corrected chi connectivity index (χ1v) is 17.5. The Labute approximate surface area is 300 Å². The lowest BCUT2D eigenvalue weighted by Gasteiger charge is -2.10. The summed E-state index contributed by atoms with van der Waals surface area (Å²) in [5, 5.41) is 4.31. The zero-order chi connectivity index (χ0) is 34.4. The molecule has 0 radical (unpaired) electrons. The molecule has 10 rings (SSSR count). The molecule has 0 saturated heterocycles. The summed E-state index contributed by atoms with van der Waals surface area (Å²) in [4.78, 5) is 20.3. The van der Waals surface area contributed by atoms with Crippen LogP contribution in [0.15, 0.2) is 182 Å². The van der Waals surface area contributed by atoms with Crippen LogP contribution in [0.5, 0.6) is 0 Å². The number of pyridine rings is 4. The molecule has 52 heavy (non-hydrogen) atoms. The van der Waals surface area contributed by atoms with Gasteiger partial charge < -0.3 is 0 Å². The van der Waals surface area contributed by atoms with Gasteiger partial charge in [0.15, 0.2) is 0 Å². The van der Waals surface area contributed by atoms with E-state index in [2.05, 4.69) is 152 Å². The van der Waals surface area contributed by atoms with Crippen LogP contribution in [-0.2, 0) is 0 Å². The molecule has 4 heterocycles. The maximum absolute atomic E-state index is 5.16. The molecule has 0 bridgehead atoms. The predicted molar refractivity (Wildman–Crippen MR) is 215 cm³/mol. The standard InChI is InChI=1S/C48H30N4/c1-3-8-31(9-4-1)41-29-40-21-20-35-24-27-44(52-46(35)45(40)49-30-41)39-13-7-12-38(28-39)32-14-16-34(17-15-32)43-26-23-37-19-18-36-22-25-42(33-10-5-2-6-11-33)50-47(36)48(37)51-43/h1-30H. The summed E-state index contributed by atoms with van der Waals surface area (Å²) in [6.45, 7) is 0. The van der Waals surface area contributed by atoms with Crippen molar-refractivity contribution in [3.05, 3.63) is 182 Å². The number of aromatic nitrogens is 4. The van der Waals surface area contributed by atoms with Crippen LogP contribution in [0.2, 0.25) is 0 Å². The van der Waals surface area contributed by atoms with Gasteiger partial charge in [-0.1, -0.05) is 146 Å². The summed E-state index contributed by atoms with van der Waals surface area (Å²) in [6.07, 6.45) is 1.95. The van der Waals surface area contributed by atoms with E-state index in [1.807, 2.05) is 30.5 Å². The van der Waals surface area contributed by atoms with Gasteiger partial charge in [-0.05, 0) is 47.0 Å². The van der Waals surface area contributed by atoms with Crippen LogP contribution in [0.25, 0.3) is 99.6 Å². The van der Waals surface area contributed by atoms with Crippen LogP contribution in [0.3, 0.4) is 0 Å². The van der Waals surface area contributed by atoms with E-state index in [4.69, 9.17) is 19.9 Å². The van der Waals surface area contributed by atoms with Crippen molar-refractivity contribution in [1.82, 2.24) is 19.9 Å². The van der Waals surface area contributed by atoms with Gasteiger partial charge in [0.05, 0.1) is 39.1 Å². The van der Waals surface area contributed by atoms with E-state index < -0.39 is 0 Å². The Hall–Kier alpha value is -7.04. The third-order valence-electron chi connectivity index (χ3n) is 9.88. The van der Waals surface area contributed by atoms with E-state index in [1.54, 1.807) is 0 Å². The van der Waals surface area contributed by atoms with Crippen molar-refractivity contribution in [3.63, 3.8) is 0 Å². The molecule has 4 heteroatoms. The van der Waals surface area contributed by atoms with Crippen LogP contribution in [-0.4, -0.2) is 19.9 Å². The van der Waals surface area contributed by atoms with Crippen molar-refractivity contribution in [2.24, 2.45) is 0 Å². The molecule has 0 unspecified atom stereocenters. The lowest BCUT2D eigenvalue weighted by Crippen LogP contribution is -1.91. The van der Waals surface area contributed by atoms with Crippen molar-refractivity contribution < 1.29 is 0 Å². The lowest BCUT2D eigenvalue weighted by atomic mass is 9.99. The topological polar surface area (TPSA) is 51.6 Å². The highest BCUT2D eigenvalue weighted by molar-refractivity contribution is 6.05. The summed E-state index contributed by atoms with van der Waals surface area (Å²) in [5.41, 5.74) is 14.2. The zero-order valence-electron chi connectivity index (χ0n) is 28.1. The maximum Gasteiger partial charge on any atom is 0.0972 e. The average Bonchev–Trinajstić information content (AvgIpc) is 3.23. The second-order valence-corrected chi connectivity index (χ2v) is 13.1. The first-order valence-electron chi connectivity index (χ1n) is 17.5. The molecule has 0 amide bonds. The van der Waals surface area contributed by atoms with E-state index in [0.717, 1.165) is 99.6 Å². The predicted octanol–water partition coefficient (Wildman–Crippen LogP) is 12.2. The minimum absolute atomic E-state index is 0.909. The van der Waals surface area contributed by atoms with Gasteiger partial charge in [0.25, 0.3) is 0 Å². The van der Waals surface area contributed by atoms with Crippen LogP contribution >= 0.6 is 0 Å². The Morgan fingerprint density at radius 1 is 0.250 bits per heavy atom. The Morgan fingerprint density at radius 3 is 1.29 bits per heavy atom. The first-order chi connectivity index (χ1) is 25.7. The second kappa shape index (κ2) is 12.4. The lowest BCUT2D eigenvalue weighted by molar-refractivity contribution is 1.36. The number of hydrogen-bond donors (Lipinski definition) is 0. The Balaban J connectivity index is 0.971. The van der Waals surface area contributed by atoms with E-state index in [1.165, 1.54) is 0 Å². The number of benzene rings is 6. The fourth-order valence-corrected chi connectivity index (χ4v) is 7.12. The molecule has 4 nitrogen and oxygen atoms in total. The highest BCUT2D eigenvalue weighted by Gasteiger charge is 2.12. The molecule has 0 N–H and O–H groups in total. The van der Waals surface area contributed by atoms with E-state index >= 15 is 0 Å². The molecule has 0 aliphatic carbocycles. The number of rotatable bonds is 5. The quantitative estimate of drug-likeness (QED) is 0.172. The Morgan fingerprint density at radius 2 is 0.673 bits per heavy atom. The van der Waals surface area contributed by atoms with Crippen molar-refractivity contribution in [3.8, 4) is 56.0 Å². The molecule has 0 aliphatic rings. The van der Waals surface area contributed by atoms with Crippen molar-refractivity contribution in [1.29, 1.82) is 0 Å². The first kappa shape index (κ1) is 29.8. The smallest absolute Gasteiger partial charge is 0.0972 e. The fourth-order valence-electron chi connectivity index (χ4n) is 7.12. The Kier molecular flexibility index (Phi) is 7.10. The SMILES string of the molecule is c1ccc(-c2cnc3c(ccc4ccc(-c5cccc(-c6ccc(-c7ccc8ccc9ccc(-c%10ccccc%10)nc9c8n7)cc6)c5)nc43)c2)cc1. The second-order valence-electron chi connectivity index (χ2n) is 13.1. The summed E-state index contributed by atoms with van der Waals surface area (Å²) in [6, 6.07) is 61.3. The van der Waals surface area contributed by atoms with Crippen LogP contribution in [0.4, 0.5) is 0 Å². The van der Waals surface area contributed by atoms with Gasteiger partial charge >= 0.3 is 0 Å². The minimum atomic E-state index is 0.909. The van der Waals surface area contributed by atoms with Crippen LogP contribution in [0, 0.1) is 0 Å². The third kappa shape index (κ3) is 5.34. The van der Waals surface area contributed by atoms with Gasteiger partial charge in [-0.25, -0.2) is 15.0 Å². The van der Waals surface area contributed by atoms with Crippen LogP contribution < -0.4 is 0 Å². The molecule has 6 aromatic carbocycles. The average molecular weight is 663 g/mol. The summed E-state index contributed by atoms with van der Waals surface area (Å²) in [7, 11) is 0. The van der Waals surface area contributed by atoms with Gasteiger partial charge in [0.1, 0.15) is 0 Å². The summed E-state index contributed by atoms with van der Waals surface area (Å²) < 4.78 is 0. The van der Waals surface area contributed by atoms with E-state index in [0.29, 0.717) is 0 Å². The van der Waals surface area contributed by atoms with E-state index in [9.17, 15) is 0 Å². The molecule has 242 valence electrons. The largest absolute Gasteiger partial charge is 0.253 e. The molecule has 0 fully saturated rings. The maximum atomic E-state index is 5.16. The third-order valence-corrected chi connectivity index (χ3v) is 9.88. The fraction of sp³-hybridized carbons (Fsp3) is 0. The molecule has 10 aromatic rings. The zero-order valence-corrected chi connectivity index (χ0v) is 28.1. The van der Waals surface area contributed by atoms with Crippen LogP contribution in [0.1, 0.15) is 0 Å². The molecule has 4 aromatic heterocycles. The monoisotopic (exact) mass is 662 g/mol. The van der Waals surface area contributed by atoms with Gasteiger partial charge in [0.2, 0.25) is 0 Å². The van der Waals surface area contributed by atoms with E-state index in [-0.39, 0.29) is 0 Å².